The summed E-state index contributed by atoms with van der Waals surface area (Å²) in [6, 6.07) is 11.5. The second-order valence-electron chi connectivity index (χ2n) is 5.40. The third kappa shape index (κ3) is 4.26. The zero-order valence-electron chi connectivity index (χ0n) is 12.8. The van der Waals surface area contributed by atoms with Gasteiger partial charge in [0.1, 0.15) is 5.82 Å². The van der Waals surface area contributed by atoms with Crippen LogP contribution >= 0.6 is 0 Å². The summed E-state index contributed by atoms with van der Waals surface area (Å²) in [4.78, 5) is 6.32. The Labute approximate surface area is 125 Å². The van der Waals surface area contributed by atoms with Crippen LogP contribution in [-0.4, -0.2) is 24.0 Å². The van der Waals surface area contributed by atoms with Gasteiger partial charge in [-0.3, -0.25) is 4.98 Å². The lowest BCUT2D eigenvalue weighted by Crippen LogP contribution is -2.16. The molecule has 0 saturated heterocycles. The van der Waals surface area contributed by atoms with E-state index in [-0.39, 0.29) is 11.9 Å². The molecule has 0 amide bonds. The van der Waals surface area contributed by atoms with Crippen molar-refractivity contribution >= 4 is 5.69 Å². The van der Waals surface area contributed by atoms with E-state index in [1.165, 1.54) is 17.8 Å². The number of aromatic nitrogens is 1. The topological polar surface area (TPSA) is 28.2 Å². The highest BCUT2D eigenvalue weighted by atomic mass is 19.1. The van der Waals surface area contributed by atoms with Gasteiger partial charge in [0, 0.05) is 12.2 Å². The van der Waals surface area contributed by atoms with Crippen LogP contribution in [0.2, 0.25) is 0 Å². The molecule has 2 aromatic rings. The van der Waals surface area contributed by atoms with Crippen molar-refractivity contribution in [3.63, 3.8) is 0 Å². The van der Waals surface area contributed by atoms with Crippen LogP contribution in [0.1, 0.15) is 30.6 Å². The van der Waals surface area contributed by atoms with Crippen molar-refractivity contribution in [3.8, 4) is 0 Å². The Balaban J connectivity index is 2.20. The van der Waals surface area contributed by atoms with Crippen molar-refractivity contribution in [1.82, 2.24) is 9.88 Å². The number of rotatable bonds is 6. The van der Waals surface area contributed by atoms with E-state index in [2.05, 4.69) is 48.4 Å². The third-order valence-electron chi connectivity index (χ3n) is 3.35. The summed E-state index contributed by atoms with van der Waals surface area (Å²) in [6.45, 7) is 2.97. The summed E-state index contributed by atoms with van der Waals surface area (Å²) in [5.41, 5.74) is 3.20. The maximum atomic E-state index is 13.0. The van der Waals surface area contributed by atoms with Gasteiger partial charge in [-0.2, -0.15) is 0 Å². The van der Waals surface area contributed by atoms with Gasteiger partial charge >= 0.3 is 0 Å². The van der Waals surface area contributed by atoms with Crippen LogP contribution in [-0.2, 0) is 6.54 Å². The first kappa shape index (κ1) is 15.4. The summed E-state index contributed by atoms with van der Waals surface area (Å²) in [5, 5.41) is 3.53. The minimum atomic E-state index is -0.304. The molecular formula is C17H22FN3. The highest BCUT2D eigenvalue weighted by Gasteiger charge is 2.12. The van der Waals surface area contributed by atoms with E-state index in [4.69, 9.17) is 0 Å². The van der Waals surface area contributed by atoms with Gasteiger partial charge in [-0.05, 0) is 44.3 Å². The Kier molecular flexibility index (Phi) is 5.28. The molecule has 3 nitrogen and oxygen atoms in total. The lowest BCUT2D eigenvalue weighted by atomic mass is 10.1. The number of halogens is 1. The largest absolute Gasteiger partial charge is 0.376 e. The minimum Gasteiger partial charge on any atom is -0.376 e. The molecule has 112 valence electrons. The molecule has 0 bridgehead atoms. The molecule has 1 unspecified atom stereocenters. The molecule has 0 spiro atoms. The maximum Gasteiger partial charge on any atom is 0.141 e. The lowest BCUT2D eigenvalue weighted by Gasteiger charge is -2.21. The molecular weight excluding hydrogens is 265 g/mol. The second-order valence-corrected chi connectivity index (χ2v) is 5.40. The van der Waals surface area contributed by atoms with E-state index < -0.39 is 0 Å². The van der Waals surface area contributed by atoms with Crippen LogP contribution in [0.5, 0.6) is 0 Å². The Hall–Kier alpha value is -1.94. The van der Waals surface area contributed by atoms with Gasteiger partial charge < -0.3 is 10.2 Å². The van der Waals surface area contributed by atoms with E-state index in [1.807, 2.05) is 12.1 Å². The van der Waals surface area contributed by atoms with Crippen LogP contribution < -0.4 is 5.32 Å². The van der Waals surface area contributed by atoms with Gasteiger partial charge in [0.15, 0.2) is 0 Å². The predicted octanol–water partition coefficient (Wildman–Crippen LogP) is 3.85. The summed E-state index contributed by atoms with van der Waals surface area (Å²) in [7, 11) is 4.10. The van der Waals surface area contributed by atoms with Crippen molar-refractivity contribution in [2.75, 3.05) is 19.4 Å². The average molecular weight is 287 g/mol. The normalized spacial score (nSPS) is 12.4. The molecule has 0 fully saturated rings. The zero-order chi connectivity index (χ0) is 15.2. The van der Waals surface area contributed by atoms with Gasteiger partial charge in [0.05, 0.1) is 17.9 Å². The second kappa shape index (κ2) is 7.18. The van der Waals surface area contributed by atoms with Gasteiger partial charge in [-0.15, -0.1) is 0 Å². The SMILES string of the molecule is CCC(Nc1ccccc1CN(C)C)c1ccc(F)cn1. The van der Waals surface area contributed by atoms with Crippen LogP contribution in [0.3, 0.4) is 0 Å². The molecule has 0 aliphatic heterocycles. The third-order valence-corrected chi connectivity index (χ3v) is 3.35. The molecule has 0 saturated carbocycles. The molecule has 1 aromatic heterocycles. The molecule has 0 radical (unpaired) electrons. The smallest absolute Gasteiger partial charge is 0.141 e. The van der Waals surface area contributed by atoms with E-state index in [1.54, 1.807) is 6.07 Å². The number of nitrogens with zero attached hydrogens (tertiary/aromatic N) is 2. The van der Waals surface area contributed by atoms with Crippen molar-refractivity contribution in [2.24, 2.45) is 0 Å². The first-order valence-corrected chi connectivity index (χ1v) is 7.20. The van der Waals surface area contributed by atoms with E-state index >= 15 is 0 Å². The highest BCUT2D eigenvalue weighted by Crippen LogP contribution is 2.24. The van der Waals surface area contributed by atoms with Gasteiger partial charge in [-0.25, -0.2) is 4.39 Å². The molecule has 0 aliphatic rings. The molecule has 1 aromatic carbocycles. The summed E-state index contributed by atoms with van der Waals surface area (Å²) >= 11 is 0. The first-order chi connectivity index (χ1) is 10.1. The fourth-order valence-corrected chi connectivity index (χ4v) is 2.31. The van der Waals surface area contributed by atoms with Crippen molar-refractivity contribution in [3.05, 3.63) is 59.7 Å². The highest BCUT2D eigenvalue weighted by molar-refractivity contribution is 5.52. The zero-order valence-corrected chi connectivity index (χ0v) is 12.8. The molecule has 4 heteroatoms. The van der Waals surface area contributed by atoms with Crippen LogP contribution in [0, 0.1) is 5.82 Å². The van der Waals surface area contributed by atoms with Crippen molar-refractivity contribution < 1.29 is 4.39 Å². The quantitative estimate of drug-likeness (QED) is 0.875. The average Bonchev–Trinajstić information content (AvgIpc) is 2.47. The Morgan fingerprint density at radius 3 is 2.57 bits per heavy atom. The number of para-hydroxylation sites is 1. The van der Waals surface area contributed by atoms with Gasteiger partial charge in [-0.1, -0.05) is 25.1 Å². The number of nitrogens with one attached hydrogen (secondary N) is 1. The van der Waals surface area contributed by atoms with Crippen molar-refractivity contribution in [1.29, 1.82) is 0 Å². The van der Waals surface area contributed by atoms with Gasteiger partial charge in [0.25, 0.3) is 0 Å². The Morgan fingerprint density at radius 2 is 1.95 bits per heavy atom. The van der Waals surface area contributed by atoms with Crippen LogP contribution in [0.25, 0.3) is 0 Å². The summed E-state index contributed by atoms with van der Waals surface area (Å²) < 4.78 is 13.0. The standard InChI is InChI=1S/C17H22FN3/c1-4-15(17-10-9-14(18)11-19-17)20-16-8-6-5-7-13(16)12-21(2)3/h5-11,15,20H,4,12H2,1-3H3. The Bertz CT molecular complexity index is 567. The van der Waals surface area contributed by atoms with E-state index in [0.717, 1.165) is 24.3 Å². The predicted molar refractivity (Wildman–Crippen MR) is 84.7 cm³/mol. The van der Waals surface area contributed by atoms with Crippen LogP contribution in [0.15, 0.2) is 42.6 Å². The summed E-state index contributed by atoms with van der Waals surface area (Å²) in [6.07, 6.45) is 2.15. The minimum absolute atomic E-state index is 0.0777. The lowest BCUT2D eigenvalue weighted by molar-refractivity contribution is 0.403. The van der Waals surface area contributed by atoms with Gasteiger partial charge in [0.2, 0.25) is 0 Å². The van der Waals surface area contributed by atoms with E-state index in [0.29, 0.717) is 0 Å². The molecule has 0 aliphatic carbocycles. The number of pyridine rings is 1. The van der Waals surface area contributed by atoms with Crippen molar-refractivity contribution in [2.45, 2.75) is 25.9 Å². The number of hydrogen-bond donors (Lipinski definition) is 1. The fourth-order valence-electron chi connectivity index (χ4n) is 2.31. The molecule has 1 N–H and O–H groups in total. The fraction of sp³-hybridized carbons (Fsp3) is 0.353. The summed E-state index contributed by atoms with van der Waals surface area (Å²) in [5.74, 6) is -0.304. The molecule has 2 rings (SSSR count). The number of hydrogen-bond acceptors (Lipinski definition) is 3. The van der Waals surface area contributed by atoms with E-state index in [9.17, 15) is 4.39 Å². The maximum absolute atomic E-state index is 13.0. The number of anilines is 1. The van der Waals surface area contributed by atoms with Crippen LogP contribution in [0.4, 0.5) is 10.1 Å². The Morgan fingerprint density at radius 1 is 1.19 bits per heavy atom. The first-order valence-electron chi connectivity index (χ1n) is 7.20. The monoisotopic (exact) mass is 287 g/mol. The molecule has 1 heterocycles. The number of benzene rings is 1. The molecule has 1 atom stereocenters. The molecule has 21 heavy (non-hydrogen) atoms.